The lowest BCUT2D eigenvalue weighted by molar-refractivity contribution is 1.18. The predicted molar refractivity (Wildman–Crippen MR) is 183 cm³/mol. The molecule has 45 heavy (non-hydrogen) atoms. The first-order valence-corrected chi connectivity index (χ1v) is 15.1. The van der Waals surface area contributed by atoms with E-state index in [4.69, 9.17) is 15.0 Å². The molecule has 7 heterocycles. The van der Waals surface area contributed by atoms with Crippen molar-refractivity contribution in [2.75, 3.05) is 28.6 Å². The van der Waals surface area contributed by atoms with Crippen molar-refractivity contribution in [2.45, 2.75) is 0 Å². The zero-order chi connectivity index (χ0) is 29.5. The molecule has 0 aliphatic carbocycles. The summed E-state index contributed by atoms with van der Waals surface area (Å²) in [5, 5.41) is 0. The number of pyridine rings is 3. The summed E-state index contributed by atoms with van der Waals surface area (Å²) in [6, 6.07) is 44.4. The number of hydrogen-bond donors (Lipinski definition) is 0. The van der Waals surface area contributed by atoms with Gasteiger partial charge in [0.15, 0.2) is 0 Å². The Balaban J connectivity index is 1.30. The van der Waals surface area contributed by atoms with Crippen LogP contribution in [0.2, 0.25) is 0 Å². The molecule has 0 radical (unpaired) electrons. The van der Waals surface area contributed by atoms with Crippen LogP contribution < -0.4 is 28.6 Å². The minimum atomic E-state index is -0.251. The van der Waals surface area contributed by atoms with Crippen molar-refractivity contribution in [3.05, 3.63) is 146 Å². The number of rotatable bonds is 3. The molecule has 0 amide bonds. The molecular weight excluding hydrogens is 555 g/mol. The lowest BCUT2D eigenvalue weighted by atomic mass is 9.56. The van der Waals surface area contributed by atoms with Gasteiger partial charge in [-0.05, 0) is 72.8 Å². The quantitative estimate of drug-likeness (QED) is 0.231. The zero-order valence-electron chi connectivity index (χ0n) is 24.1. The highest BCUT2D eigenvalue weighted by Gasteiger charge is 2.70. The Kier molecular flexibility index (Phi) is 5.07. The minimum absolute atomic E-state index is 0.251. The molecule has 0 bridgehead atoms. The number of aromatic nitrogens is 3. The lowest BCUT2D eigenvalue weighted by Gasteiger charge is -2.51. The summed E-state index contributed by atoms with van der Waals surface area (Å²) < 4.78 is 7.57. The average Bonchev–Trinajstić information content (AvgIpc) is 3.75. The molecule has 4 aliphatic rings. The van der Waals surface area contributed by atoms with Gasteiger partial charge in [0.25, 0.3) is 0 Å². The first-order valence-electron chi connectivity index (χ1n) is 15.1. The molecule has 0 spiro atoms. The standard InChI is InChI=1S/C33H24B3N9/c1-4-16-28-25(13-1)40(31-19-7-10-22-37-31)34-43(28)35-41(32-20-8-11-23-38-32)27-15-3-6-18-30(27)45(35)36-42(33-21-9-12-24-39-33)26-14-2-5-17-29(26)44(34)36/h1-24H. The molecule has 10 rings (SSSR count). The first-order chi connectivity index (χ1) is 22.4. The van der Waals surface area contributed by atoms with Gasteiger partial charge in [0.1, 0.15) is 17.5 Å². The SMILES string of the molecule is c1ccc(N2B3N(B4N(B5N3c3ccccc3N5c3ccccn3)c3ccccc3N4c3ccccn3)c3ccccc32)nc1. The third kappa shape index (κ3) is 3.28. The molecule has 6 aromatic rings. The molecule has 1 fully saturated rings. The Hall–Kier alpha value is -5.90. The van der Waals surface area contributed by atoms with Crippen molar-refractivity contribution in [1.82, 2.24) is 15.0 Å². The molecule has 0 atom stereocenters. The summed E-state index contributed by atoms with van der Waals surface area (Å²) in [6.45, 7) is 0. The van der Waals surface area contributed by atoms with Crippen molar-refractivity contribution in [1.29, 1.82) is 0 Å². The molecule has 1 saturated heterocycles. The van der Waals surface area contributed by atoms with E-state index in [-0.39, 0.29) is 21.4 Å². The van der Waals surface area contributed by atoms with Crippen LogP contribution in [-0.4, -0.2) is 36.3 Å². The van der Waals surface area contributed by atoms with Crippen LogP contribution in [0.3, 0.4) is 0 Å². The molecule has 12 heteroatoms. The van der Waals surface area contributed by atoms with E-state index in [0.717, 1.165) is 51.6 Å². The number of hydrogen-bond acceptors (Lipinski definition) is 9. The van der Waals surface area contributed by atoms with Crippen LogP contribution >= 0.6 is 0 Å². The summed E-state index contributed by atoms with van der Waals surface area (Å²) in [6.07, 6.45) is 5.62. The maximum Gasteiger partial charge on any atom is 0.490 e. The number of nitrogens with zero attached hydrogens (tertiary/aromatic N) is 9. The van der Waals surface area contributed by atoms with E-state index in [1.54, 1.807) is 0 Å². The van der Waals surface area contributed by atoms with Crippen LogP contribution in [0, 0.1) is 0 Å². The average molecular weight is 579 g/mol. The molecule has 0 saturated carbocycles. The Labute approximate surface area is 262 Å². The summed E-state index contributed by atoms with van der Waals surface area (Å²) >= 11 is 0. The molecule has 4 aliphatic heterocycles. The largest absolute Gasteiger partial charge is 0.490 e. The van der Waals surface area contributed by atoms with Gasteiger partial charge in [-0.3, -0.25) is 0 Å². The van der Waals surface area contributed by atoms with Crippen molar-refractivity contribution in [2.24, 2.45) is 0 Å². The van der Waals surface area contributed by atoms with Crippen LogP contribution in [0.15, 0.2) is 146 Å². The van der Waals surface area contributed by atoms with Crippen LogP contribution in [0.25, 0.3) is 0 Å². The third-order valence-electron chi connectivity index (χ3n) is 9.13. The van der Waals surface area contributed by atoms with Crippen LogP contribution in [0.4, 0.5) is 51.6 Å². The van der Waals surface area contributed by atoms with Gasteiger partial charge in [-0.1, -0.05) is 54.6 Å². The first kappa shape index (κ1) is 24.5. The van der Waals surface area contributed by atoms with Crippen molar-refractivity contribution < 1.29 is 0 Å². The lowest BCUT2D eigenvalue weighted by Crippen LogP contribution is -2.83. The summed E-state index contributed by atoms with van der Waals surface area (Å²) in [7, 11) is -0.753. The number of anilines is 9. The summed E-state index contributed by atoms with van der Waals surface area (Å²) in [4.78, 5) is 21.8. The van der Waals surface area contributed by atoms with E-state index in [0.29, 0.717) is 0 Å². The van der Waals surface area contributed by atoms with Gasteiger partial charge in [0, 0.05) is 35.7 Å². The smallest absolute Gasteiger partial charge is 0.382 e. The highest BCUT2D eigenvalue weighted by molar-refractivity contribution is 7.11. The maximum absolute atomic E-state index is 4.91. The van der Waals surface area contributed by atoms with E-state index >= 15 is 0 Å². The molecule has 0 unspecified atom stereocenters. The Morgan fingerprint density at radius 2 is 0.578 bits per heavy atom. The van der Waals surface area contributed by atoms with Crippen molar-refractivity contribution >= 4 is 72.9 Å². The molecule has 210 valence electrons. The second-order valence-electron chi connectivity index (χ2n) is 11.4. The van der Waals surface area contributed by atoms with Crippen LogP contribution in [0.1, 0.15) is 0 Å². The van der Waals surface area contributed by atoms with E-state index in [1.165, 1.54) is 0 Å². The zero-order valence-corrected chi connectivity index (χ0v) is 24.1. The van der Waals surface area contributed by atoms with E-state index < -0.39 is 0 Å². The second-order valence-corrected chi connectivity index (χ2v) is 11.4. The van der Waals surface area contributed by atoms with E-state index in [9.17, 15) is 0 Å². The summed E-state index contributed by atoms with van der Waals surface area (Å²) in [5.41, 5.74) is 6.70. The van der Waals surface area contributed by atoms with Gasteiger partial charge in [0.2, 0.25) is 0 Å². The maximum atomic E-state index is 4.91. The molecular formula is C33H24B3N9. The fourth-order valence-electron chi connectivity index (χ4n) is 7.50. The van der Waals surface area contributed by atoms with Gasteiger partial charge < -0.3 is 28.6 Å². The van der Waals surface area contributed by atoms with Gasteiger partial charge >= 0.3 is 21.4 Å². The van der Waals surface area contributed by atoms with E-state index in [2.05, 4.69) is 138 Å². The fourth-order valence-corrected chi connectivity index (χ4v) is 7.50. The highest BCUT2D eigenvalue weighted by atomic mass is 15.6. The van der Waals surface area contributed by atoms with E-state index in [1.807, 2.05) is 36.8 Å². The topological polar surface area (TPSA) is 58.1 Å². The van der Waals surface area contributed by atoms with Crippen molar-refractivity contribution in [3.8, 4) is 0 Å². The third-order valence-corrected chi connectivity index (χ3v) is 9.13. The normalized spacial score (nSPS) is 15.6. The number of benzene rings is 3. The predicted octanol–water partition coefficient (Wildman–Crippen LogP) is 6.11. The second kappa shape index (κ2) is 9.30. The Morgan fingerprint density at radius 1 is 0.311 bits per heavy atom. The van der Waals surface area contributed by atoms with Gasteiger partial charge in [-0.2, -0.15) is 0 Å². The van der Waals surface area contributed by atoms with Crippen LogP contribution in [-0.2, 0) is 0 Å². The molecule has 9 nitrogen and oxygen atoms in total. The summed E-state index contributed by atoms with van der Waals surface area (Å²) in [5.74, 6) is 2.66. The Morgan fingerprint density at radius 3 is 0.844 bits per heavy atom. The minimum Gasteiger partial charge on any atom is -0.382 e. The van der Waals surface area contributed by atoms with Gasteiger partial charge in [0.05, 0.1) is 17.1 Å². The van der Waals surface area contributed by atoms with Crippen molar-refractivity contribution in [3.63, 3.8) is 0 Å². The number of fused-ring (bicyclic) bond motifs is 12. The fraction of sp³-hybridized carbons (Fsp3) is 0. The molecule has 0 N–H and O–H groups in total. The highest BCUT2D eigenvalue weighted by Crippen LogP contribution is 2.56. The Bertz CT molecular complexity index is 1810. The molecule has 3 aromatic heterocycles. The van der Waals surface area contributed by atoms with Gasteiger partial charge in [-0.25, -0.2) is 15.0 Å². The molecule has 3 aromatic carbocycles. The van der Waals surface area contributed by atoms with Gasteiger partial charge in [-0.15, -0.1) is 0 Å². The van der Waals surface area contributed by atoms with Crippen LogP contribution in [0.5, 0.6) is 0 Å². The monoisotopic (exact) mass is 579 g/mol. The number of para-hydroxylation sites is 6.